The highest BCUT2D eigenvalue weighted by Gasteiger charge is 2.15. The van der Waals surface area contributed by atoms with Gasteiger partial charge in [0, 0.05) is 6.54 Å². The van der Waals surface area contributed by atoms with Crippen molar-refractivity contribution in [3.05, 3.63) is 0 Å². The van der Waals surface area contributed by atoms with Gasteiger partial charge in [-0.1, -0.05) is 19.1 Å². The summed E-state index contributed by atoms with van der Waals surface area (Å²) >= 11 is 6.51. The number of nitrogens with two attached hydrogens (primary N) is 1. The van der Waals surface area contributed by atoms with Crippen LogP contribution < -0.4 is 11.1 Å². The molecule has 0 aromatic carbocycles. The molecule has 0 rings (SSSR count). The lowest BCUT2D eigenvalue weighted by Crippen LogP contribution is -2.38. The molecule has 2 unspecified atom stereocenters. The molecule has 0 saturated carbocycles. The van der Waals surface area contributed by atoms with Gasteiger partial charge in [0.2, 0.25) is 5.91 Å². The van der Waals surface area contributed by atoms with Crippen molar-refractivity contribution in [2.45, 2.75) is 13.8 Å². The molecule has 0 fully saturated rings. The minimum Gasteiger partial charge on any atom is -0.393 e. The molecule has 2 atom stereocenters. The number of amides is 1. The van der Waals surface area contributed by atoms with E-state index in [9.17, 15) is 4.79 Å². The lowest BCUT2D eigenvalue weighted by molar-refractivity contribution is -0.122. The van der Waals surface area contributed by atoms with E-state index in [2.05, 4.69) is 18.5 Å². The van der Waals surface area contributed by atoms with Gasteiger partial charge in [0.1, 0.15) is 0 Å². The summed E-state index contributed by atoms with van der Waals surface area (Å²) < 4.78 is 0. The fourth-order valence-electron chi connectivity index (χ4n) is 0.901. The molecule has 0 aromatic rings. The van der Waals surface area contributed by atoms with Crippen LogP contribution in [0.3, 0.4) is 0 Å². The highest BCUT2D eigenvalue weighted by Crippen LogP contribution is 2.03. The molecule has 0 bridgehead atoms. The number of carbonyl (C=O) groups excluding carboxylic acids is 1. The molecule has 1 amide bonds. The zero-order valence-electron chi connectivity index (χ0n) is 8.87. The summed E-state index contributed by atoms with van der Waals surface area (Å²) in [6.07, 6.45) is 2.05. The number of carbonyl (C=O) groups is 1. The predicted octanol–water partition coefficient (Wildman–Crippen LogP) is 1.02. The van der Waals surface area contributed by atoms with Crippen LogP contribution in [0.5, 0.6) is 0 Å². The third kappa shape index (κ3) is 5.44. The van der Waals surface area contributed by atoms with Crippen molar-refractivity contribution in [1.82, 2.24) is 5.32 Å². The van der Waals surface area contributed by atoms with E-state index in [4.69, 9.17) is 18.0 Å². The van der Waals surface area contributed by atoms with Crippen molar-refractivity contribution in [3.63, 3.8) is 0 Å². The highest BCUT2D eigenvalue weighted by atomic mass is 32.2. The van der Waals surface area contributed by atoms with Crippen LogP contribution in [0.2, 0.25) is 0 Å². The number of rotatable bonds is 6. The Kier molecular flexibility index (Phi) is 6.92. The molecule has 5 heteroatoms. The zero-order valence-corrected chi connectivity index (χ0v) is 10.5. The summed E-state index contributed by atoms with van der Waals surface area (Å²) in [6, 6.07) is 0. The van der Waals surface area contributed by atoms with Crippen LogP contribution in [0.4, 0.5) is 0 Å². The van der Waals surface area contributed by atoms with Gasteiger partial charge >= 0.3 is 0 Å². The molecule has 0 aliphatic carbocycles. The van der Waals surface area contributed by atoms with Crippen molar-refractivity contribution in [1.29, 1.82) is 0 Å². The summed E-state index contributed by atoms with van der Waals surface area (Å²) in [7, 11) is 0. The Morgan fingerprint density at radius 1 is 1.57 bits per heavy atom. The second-order valence-corrected chi connectivity index (χ2v) is 4.81. The maximum Gasteiger partial charge on any atom is 0.229 e. The Balaban J connectivity index is 3.79. The van der Waals surface area contributed by atoms with E-state index in [1.54, 1.807) is 18.7 Å². The molecule has 3 N–H and O–H groups in total. The quantitative estimate of drug-likeness (QED) is 0.674. The minimum atomic E-state index is -0.369. The molecule has 0 aromatic heterocycles. The van der Waals surface area contributed by atoms with Crippen molar-refractivity contribution < 1.29 is 4.79 Å². The lowest BCUT2D eigenvalue weighted by Gasteiger charge is -2.14. The van der Waals surface area contributed by atoms with E-state index in [1.807, 2.05) is 0 Å². The lowest BCUT2D eigenvalue weighted by atomic mass is 10.1. The Hall–Kier alpha value is -0.290. The number of thioether (sulfide) groups is 1. The summed E-state index contributed by atoms with van der Waals surface area (Å²) in [5.41, 5.74) is 5.37. The third-order valence-corrected chi connectivity index (χ3v) is 3.15. The van der Waals surface area contributed by atoms with Crippen LogP contribution in [0.25, 0.3) is 0 Å². The SMILES string of the molecule is CSCC(C)CNC(=O)C(C)C(N)=S. The second kappa shape index (κ2) is 7.06. The fraction of sp³-hybridized carbons (Fsp3) is 0.778. The topological polar surface area (TPSA) is 55.1 Å². The smallest absolute Gasteiger partial charge is 0.229 e. The molecule has 0 radical (unpaired) electrons. The van der Waals surface area contributed by atoms with Crippen LogP contribution >= 0.6 is 24.0 Å². The third-order valence-electron chi connectivity index (χ3n) is 1.90. The van der Waals surface area contributed by atoms with Gasteiger partial charge in [-0.15, -0.1) is 0 Å². The Morgan fingerprint density at radius 2 is 2.14 bits per heavy atom. The summed E-state index contributed by atoms with van der Waals surface area (Å²) in [5, 5.41) is 2.83. The number of thiocarbonyl (C=S) groups is 1. The Labute approximate surface area is 95.2 Å². The fourth-order valence-corrected chi connectivity index (χ4v) is 1.69. The average Bonchev–Trinajstić information content (AvgIpc) is 2.13. The highest BCUT2D eigenvalue weighted by molar-refractivity contribution is 7.98. The molecule has 0 aliphatic rings. The van der Waals surface area contributed by atoms with E-state index >= 15 is 0 Å². The second-order valence-electron chi connectivity index (χ2n) is 3.43. The van der Waals surface area contributed by atoms with Crippen LogP contribution in [0, 0.1) is 11.8 Å². The van der Waals surface area contributed by atoms with Gasteiger partial charge in [0.25, 0.3) is 0 Å². The van der Waals surface area contributed by atoms with Crippen LogP contribution in [0.15, 0.2) is 0 Å². The van der Waals surface area contributed by atoms with Crippen molar-refractivity contribution >= 4 is 34.9 Å². The monoisotopic (exact) mass is 234 g/mol. The molecular formula is C9H18N2OS2. The first-order chi connectivity index (χ1) is 6.49. The molecule has 0 aliphatic heterocycles. The van der Waals surface area contributed by atoms with Crippen molar-refractivity contribution in [3.8, 4) is 0 Å². The van der Waals surface area contributed by atoms with E-state index in [-0.39, 0.29) is 16.8 Å². The Bertz CT molecular complexity index is 209. The van der Waals surface area contributed by atoms with Crippen molar-refractivity contribution in [2.24, 2.45) is 17.6 Å². The van der Waals surface area contributed by atoms with Gasteiger partial charge < -0.3 is 11.1 Å². The maximum absolute atomic E-state index is 11.4. The van der Waals surface area contributed by atoms with Crippen LogP contribution in [0.1, 0.15) is 13.8 Å². The summed E-state index contributed by atoms with van der Waals surface area (Å²) in [6.45, 7) is 4.51. The summed E-state index contributed by atoms with van der Waals surface area (Å²) in [5.74, 6) is 1.08. The number of nitrogens with one attached hydrogen (secondary N) is 1. The van der Waals surface area contributed by atoms with E-state index in [0.29, 0.717) is 12.5 Å². The van der Waals surface area contributed by atoms with Gasteiger partial charge in [-0.25, -0.2) is 0 Å². The Morgan fingerprint density at radius 3 is 2.57 bits per heavy atom. The molecule has 3 nitrogen and oxygen atoms in total. The van der Waals surface area contributed by atoms with E-state index < -0.39 is 0 Å². The zero-order chi connectivity index (χ0) is 11.1. The van der Waals surface area contributed by atoms with Crippen LogP contribution in [-0.2, 0) is 4.79 Å². The van der Waals surface area contributed by atoms with Gasteiger partial charge in [-0.3, -0.25) is 4.79 Å². The average molecular weight is 234 g/mol. The summed E-state index contributed by atoms with van der Waals surface area (Å²) in [4.78, 5) is 11.7. The number of hydrogen-bond donors (Lipinski definition) is 2. The van der Waals surface area contributed by atoms with Gasteiger partial charge in [-0.05, 0) is 24.9 Å². The van der Waals surface area contributed by atoms with Crippen LogP contribution in [-0.4, -0.2) is 29.4 Å². The predicted molar refractivity (Wildman–Crippen MR) is 66.5 cm³/mol. The molecule has 0 heterocycles. The minimum absolute atomic E-state index is 0.0783. The van der Waals surface area contributed by atoms with E-state index in [0.717, 1.165) is 5.75 Å². The molecule has 0 spiro atoms. The standard InChI is InChI=1S/C9H18N2OS2/c1-6(5-14-3)4-11-9(12)7(2)8(10)13/h6-7H,4-5H2,1-3H3,(H2,10,13)(H,11,12). The van der Waals surface area contributed by atoms with Gasteiger partial charge in [0.15, 0.2) is 0 Å². The largest absolute Gasteiger partial charge is 0.393 e. The first-order valence-corrected chi connectivity index (χ1v) is 6.35. The number of hydrogen-bond acceptors (Lipinski definition) is 3. The first-order valence-electron chi connectivity index (χ1n) is 4.55. The molecule has 0 saturated heterocycles. The van der Waals surface area contributed by atoms with Gasteiger partial charge in [0.05, 0.1) is 10.9 Å². The van der Waals surface area contributed by atoms with Gasteiger partial charge in [-0.2, -0.15) is 11.8 Å². The first kappa shape index (κ1) is 13.7. The molecule has 82 valence electrons. The van der Waals surface area contributed by atoms with E-state index in [1.165, 1.54) is 0 Å². The molecule has 14 heavy (non-hydrogen) atoms. The van der Waals surface area contributed by atoms with Crippen molar-refractivity contribution in [2.75, 3.05) is 18.6 Å². The molecular weight excluding hydrogens is 216 g/mol. The maximum atomic E-state index is 11.4. The normalized spacial score (nSPS) is 14.5.